The van der Waals surface area contributed by atoms with Crippen LogP contribution in [0.25, 0.3) is 6.08 Å². The third-order valence-corrected chi connectivity index (χ3v) is 3.25. The number of ketones is 1. The zero-order valence-electron chi connectivity index (χ0n) is 12.5. The SMILES string of the molecule is COc1ccccc1C(=O)COC(=O)/C=C/c1cccc(Cl)c1. The number of carbonyl (C=O) groups is 2. The summed E-state index contributed by atoms with van der Waals surface area (Å²) in [5.41, 5.74) is 1.15. The highest BCUT2D eigenvalue weighted by molar-refractivity contribution is 6.30. The molecule has 0 aromatic heterocycles. The van der Waals surface area contributed by atoms with Gasteiger partial charge in [0.1, 0.15) is 5.75 Å². The first kappa shape index (κ1) is 16.8. The second-order valence-electron chi connectivity index (χ2n) is 4.62. The Morgan fingerprint density at radius 2 is 1.91 bits per heavy atom. The fourth-order valence-corrected chi connectivity index (χ4v) is 2.11. The zero-order valence-corrected chi connectivity index (χ0v) is 13.2. The molecule has 0 fully saturated rings. The third kappa shape index (κ3) is 4.97. The number of benzene rings is 2. The van der Waals surface area contributed by atoms with Crippen LogP contribution in [0.5, 0.6) is 5.75 Å². The van der Waals surface area contributed by atoms with Crippen molar-refractivity contribution in [2.45, 2.75) is 0 Å². The largest absolute Gasteiger partial charge is 0.496 e. The summed E-state index contributed by atoms with van der Waals surface area (Å²) in [6.45, 7) is -0.348. The molecule has 4 nitrogen and oxygen atoms in total. The number of hydrogen-bond acceptors (Lipinski definition) is 4. The summed E-state index contributed by atoms with van der Waals surface area (Å²) in [5, 5.41) is 0.576. The van der Waals surface area contributed by atoms with Gasteiger partial charge in [0.25, 0.3) is 0 Å². The molecule has 0 aliphatic rings. The molecule has 0 bridgehead atoms. The number of Topliss-reactive ketones (excluding diaryl/α,β-unsaturated/α-hetero) is 1. The fourth-order valence-electron chi connectivity index (χ4n) is 1.91. The first-order valence-electron chi connectivity index (χ1n) is 6.87. The van der Waals surface area contributed by atoms with Gasteiger partial charge >= 0.3 is 5.97 Å². The van der Waals surface area contributed by atoms with Crippen molar-refractivity contribution in [1.29, 1.82) is 0 Å². The lowest BCUT2D eigenvalue weighted by Crippen LogP contribution is -2.13. The van der Waals surface area contributed by atoms with E-state index in [1.54, 1.807) is 54.6 Å². The maximum absolute atomic E-state index is 12.0. The van der Waals surface area contributed by atoms with Crippen molar-refractivity contribution in [3.05, 3.63) is 70.8 Å². The molecule has 0 aliphatic heterocycles. The quantitative estimate of drug-likeness (QED) is 0.459. The molecule has 2 aromatic carbocycles. The molecule has 2 rings (SSSR count). The average molecular weight is 331 g/mol. The highest BCUT2D eigenvalue weighted by Crippen LogP contribution is 2.18. The molecule has 0 heterocycles. The van der Waals surface area contributed by atoms with Crippen LogP contribution in [-0.2, 0) is 9.53 Å². The fraction of sp³-hybridized carbons (Fsp3) is 0.111. The molecule has 0 atom stereocenters. The molecule has 0 radical (unpaired) electrons. The van der Waals surface area contributed by atoms with E-state index in [4.69, 9.17) is 21.1 Å². The smallest absolute Gasteiger partial charge is 0.331 e. The van der Waals surface area contributed by atoms with Crippen LogP contribution in [0.15, 0.2) is 54.6 Å². The summed E-state index contributed by atoms with van der Waals surface area (Å²) in [6, 6.07) is 13.8. The van der Waals surface area contributed by atoms with Crippen molar-refractivity contribution in [2.24, 2.45) is 0 Å². The van der Waals surface area contributed by atoms with Crippen LogP contribution in [0.3, 0.4) is 0 Å². The number of halogens is 1. The number of ether oxygens (including phenoxy) is 2. The van der Waals surface area contributed by atoms with Crippen molar-refractivity contribution < 1.29 is 19.1 Å². The third-order valence-electron chi connectivity index (χ3n) is 3.01. The van der Waals surface area contributed by atoms with E-state index in [0.717, 1.165) is 5.56 Å². The lowest BCUT2D eigenvalue weighted by molar-refractivity contribution is -0.136. The molecular formula is C18H15ClO4. The maximum atomic E-state index is 12.0. The van der Waals surface area contributed by atoms with E-state index in [9.17, 15) is 9.59 Å². The number of methoxy groups -OCH3 is 1. The molecule has 5 heteroatoms. The summed E-state index contributed by atoms with van der Waals surface area (Å²) < 4.78 is 10.0. The van der Waals surface area contributed by atoms with Crippen molar-refractivity contribution >= 4 is 29.4 Å². The molecule has 2 aromatic rings. The molecule has 23 heavy (non-hydrogen) atoms. The molecule has 0 amide bonds. The van der Waals surface area contributed by atoms with Gasteiger partial charge in [-0.25, -0.2) is 4.79 Å². The van der Waals surface area contributed by atoms with Crippen LogP contribution in [0, 0.1) is 0 Å². The van der Waals surface area contributed by atoms with Gasteiger partial charge in [-0.2, -0.15) is 0 Å². The summed E-state index contributed by atoms with van der Waals surface area (Å²) in [6.07, 6.45) is 2.82. The predicted molar refractivity (Wildman–Crippen MR) is 88.8 cm³/mol. The molecule has 118 valence electrons. The number of para-hydroxylation sites is 1. The molecule has 0 saturated heterocycles. The number of hydrogen-bond donors (Lipinski definition) is 0. The highest BCUT2D eigenvalue weighted by atomic mass is 35.5. The Morgan fingerprint density at radius 3 is 2.65 bits per heavy atom. The maximum Gasteiger partial charge on any atom is 0.331 e. The number of esters is 1. The first-order valence-corrected chi connectivity index (χ1v) is 7.24. The Balaban J connectivity index is 1.92. The van der Waals surface area contributed by atoms with Crippen LogP contribution in [0.4, 0.5) is 0 Å². The van der Waals surface area contributed by atoms with Gasteiger partial charge in [-0.05, 0) is 35.9 Å². The van der Waals surface area contributed by atoms with E-state index < -0.39 is 5.97 Å². The van der Waals surface area contributed by atoms with Crippen LogP contribution in [-0.4, -0.2) is 25.5 Å². The summed E-state index contributed by atoms with van der Waals surface area (Å²) in [5.74, 6) is -0.483. The standard InChI is InChI=1S/C18H15ClO4/c1-22-17-8-3-2-7-15(17)16(20)12-23-18(21)10-9-13-5-4-6-14(19)11-13/h2-11H,12H2,1H3/b10-9+. The second kappa shape index (κ2) is 8.15. The minimum absolute atomic E-state index is 0.327. The highest BCUT2D eigenvalue weighted by Gasteiger charge is 2.13. The van der Waals surface area contributed by atoms with Gasteiger partial charge in [-0.3, -0.25) is 4.79 Å². The molecule has 0 saturated carbocycles. The average Bonchev–Trinajstić information content (AvgIpc) is 2.57. The molecule has 0 spiro atoms. The van der Waals surface area contributed by atoms with E-state index in [1.807, 2.05) is 0 Å². The van der Waals surface area contributed by atoms with Crippen LogP contribution in [0.1, 0.15) is 15.9 Å². The van der Waals surface area contributed by atoms with Crippen molar-refractivity contribution in [1.82, 2.24) is 0 Å². The topological polar surface area (TPSA) is 52.6 Å². The predicted octanol–water partition coefficient (Wildman–Crippen LogP) is 3.79. The Hall–Kier alpha value is -2.59. The van der Waals surface area contributed by atoms with Crippen LogP contribution in [0.2, 0.25) is 5.02 Å². The zero-order chi connectivity index (χ0) is 16.7. The molecular weight excluding hydrogens is 316 g/mol. The summed E-state index contributed by atoms with van der Waals surface area (Å²) >= 11 is 5.85. The summed E-state index contributed by atoms with van der Waals surface area (Å²) in [7, 11) is 1.48. The molecule has 0 N–H and O–H groups in total. The van der Waals surface area contributed by atoms with E-state index in [-0.39, 0.29) is 12.4 Å². The van der Waals surface area contributed by atoms with E-state index in [0.29, 0.717) is 16.3 Å². The van der Waals surface area contributed by atoms with E-state index >= 15 is 0 Å². The Labute approximate surface area is 139 Å². The molecule has 0 aliphatic carbocycles. The molecule has 0 unspecified atom stereocenters. The Bertz CT molecular complexity index is 737. The van der Waals surface area contributed by atoms with E-state index in [2.05, 4.69) is 0 Å². The van der Waals surface area contributed by atoms with Gasteiger partial charge < -0.3 is 9.47 Å². The van der Waals surface area contributed by atoms with Crippen molar-refractivity contribution in [3.8, 4) is 5.75 Å². The Kier molecular flexibility index (Phi) is 5.94. The van der Waals surface area contributed by atoms with Gasteiger partial charge in [0, 0.05) is 11.1 Å². The first-order chi connectivity index (χ1) is 11.1. The minimum Gasteiger partial charge on any atom is -0.496 e. The number of rotatable bonds is 6. The van der Waals surface area contributed by atoms with Gasteiger partial charge in [0.15, 0.2) is 6.61 Å². The van der Waals surface area contributed by atoms with E-state index in [1.165, 1.54) is 13.2 Å². The lowest BCUT2D eigenvalue weighted by Gasteiger charge is -2.07. The normalized spacial score (nSPS) is 10.5. The summed E-state index contributed by atoms with van der Waals surface area (Å²) in [4.78, 5) is 23.7. The minimum atomic E-state index is -0.603. The van der Waals surface area contributed by atoms with Crippen molar-refractivity contribution in [2.75, 3.05) is 13.7 Å². The monoisotopic (exact) mass is 330 g/mol. The van der Waals surface area contributed by atoms with Gasteiger partial charge in [-0.15, -0.1) is 0 Å². The second-order valence-corrected chi connectivity index (χ2v) is 5.06. The Morgan fingerprint density at radius 1 is 1.13 bits per heavy atom. The lowest BCUT2D eigenvalue weighted by atomic mass is 10.1. The van der Waals surface area contributed by atoms with Gasteiger partial charge in [-0.1, -0.05) is 35.9 Å². The van der Waals surface area contributed by atoms with Gasteiger partial charge in [0.2, 0.25) is 5.78 Å². The van der Waals surface area contributed by atoms with Gasteiger partial charge in [0.05, 0.1) is 12.7 Å². The van der Waals surface area contributed by atoms with Crippen LogP contribution < -0.4 is 4.74 Å². The van der Waals surface area contributed by atoms with Crippen LogP contribution >= 0.6 is 11.6 Å². The number of carbonyl (C=O) groups excluding carboxylic acids is 2. The van der Waals surface area contributed by atoms with Crippen molar-refractivity contribution in [3.63, 3.8) is 0 Å².